The number of piperidine rings is 1. The minimum absolute atomic E-state index is 0.129. The zero-order chi connectivity index (χ0) is 24.7. The number of rotatable bonds is 8. The average Bonchev–Trinajstić information content (AvgIpc) is 2.88. The molecule has 0 bridgehead atoms. The molecular formula is C27H29F3N4O. The number of aromatic nitrogens is 1. The molecule has 3 aromatic rings. The molecule has 1 aliphatic heterocycles. The Morgan fingerprint density at radius 3 is 2.43 bits per heavy atom. The number of halogens is 3. The summed E-state index contributed by atoms with van der Waals surface area (Å²) >= 11 is 0. The van der Waals surface area contributed by atoms with Crippen molar-refractivity contribution in [2.75, 3.05) is 24.5 Å². The highest BCUT2D eigenvalue weighted by Gasteiger charge is 2.32. The second kappa shape index (κ2) is 11.4. The van der Waals surface area contributed by atoms with Crippen LogP contribution < -0.4 is 15.5 Å². The Labute approximate surface area is 203 Å². The van der Waals surface area contributed by atoms with Gasteiger partial charge in [0.25, 0.3) is 5.91 Å². The first kappa shape index (κ1) is 24.7. The molecule has 4 rings (SSSR count). The van der Waals surface area contributed by atoms with E-state index in [1.807, 2.05) is 36.4 Å². The second-order valence-corrected chi connectivity index (χ2v) is 8.71. The number of nitrogens with zero attached hydrogens (tertiary/aromatic N) is 2. The number of alkyl halides is 3. The van der Waals surface area contributed by atoms with Crippen LogP contribution in [0.4, 0.5) is 18.9 Å². The van der Waals surface area contributed by atoms with E-state index in [4.69, 9.17) is 0 Å². The van der Waals surface area contributed by atoms with Crippen molar-refractivity contribution in [3.8, 4) is 0 Å². The standard InChI is InChI=1S/C27H29F3N4O/c28-27(29,30)25-6-2-1-5-21(25)11-15-32-23-12-16-34(17-13-23)24-9-7-22(8-10-24)26(35)33-19-20-4-3-14-31-18-20/h1-10,14,18,23,32H,11-13,15-17,19H2,(H,33,35). The predicted octanol–water partition coefficient (Wildman–Crippen LogP) is 4.83. The molecule has 0 saturated carbocycles. The van der Waals surface area contributed by atoms with Gasteiger partial charge in [-0.2, -0.15) is 13.2 Å². The maximum Gasteiger partial charge on any atom is 0.416 e. The van der Waals surface area contributed by atoms with Gasteiger partial charge >= 0.3 is 6.18 Å². The van der Waals surface area contributed by atoms with Gasteiger partial charge in [0.1, 0.15) is 0 Å². The summed E-state index contributed by atoms with van der Waals surface area (Å²) < 4.78 is 39.5. The van der Waals surface area contributed by atoms with Crippen LogP contribution in [0, 0.1) is 0 Å². The summed E-state index contributed by atoms with van der Waals surface area (Å²) in [7, 11) is 0. The lowest BCUT2D eigenvalue weighted by atomic mass is 10.0. The Kier molecular flexibility index (Phi) is 8.02. The molecule has 5 nitrogen and oxygen atoms in total. The quantitative estimate of drug-likeness (QED) is 0.483. The molecular weight excluding hydrogens is 453 g/mol. The zero-order valence-electron chi connectivity index (χ0n) is 19.4. The fourth-order valence-corrected chi connectivity index (χ4v) is 4.38. The van der Waals surface area contributed by atoms with Crippen LogP contribution >= 0.6 is 0 Å². The first-order valence-corrected chi connectivity index (χ1v) is 11.8. The lowest BCUT2D eigenvalue weighted by Crippen LogP contribution is -2.43. The first-order chi connectivity index (χ1) is 16.9. The number of carbonyl (C=O) groups excluding carboxylic acids is 1. The molecule has 0 radical (unpaired) electrons. The van der Waals surface area contributed by atoms with Crippen molar-refractivity contribution in [2.24, 2.45) is 0 Å². The van der Waals surface area contributed by atoms with E-state index in [2.05, 4.69) is 20.5 Å². The largest absolute Gasteiger partial charge is 0.416 e. The first-order valence-electron chi connectivity index (χ1n) is 11.8. The average molecular weight is 483 g/mol. The smallest absolute Gasteiger partial charge is 0.371 e. The van der Waals surface area contributed by atoms with Crippen LogP contribution in [0.5, 0.6) is 0 Å². The maximum atomic E-state index is 13.2. The highest BCUT2D eigenvalue weighted by Crippen LogP contribution is 2.32. The lowest BCUT2D eigenvalue weighted by Gasteiger charge is -2.34. The summed E-state index contributed by atoms with van der Waals surface area (Å²) in [6.45, 7) is 2.64. The summed E-state index contributed by atoms with van der Waals surface area (Å²) in [5.74, 6) is -0.129. The molecule has 1 aromatic heterocycles. The van der Waals surface area contributed by atoms with Gasteiger partial charge in [-0.15, -0.1) is 0 Å². The van der Waals surface area contributed by atoms with Gasteiger partial charge in [-0.25, -0.2) is 0 Å². The molecule has 1 saturated heterocycles. The molecule has 0 spiro atoms. The maximum absolute atomic E-state index is 13.2. The number of carbonyl (C=O) groups is 1. The van der Waals surface area contributed by atoms with Crippen molar-refractivity contribution in [3.63, 3.8) is 0 Å². The van der Waals surface area contributed by atoms with Gasteiger partial charge in [-0.05, 0) is 73.3 Å². The summed E-state index contributed by atoms with van der Waals surface area (Å²) in [5, 5.41) is 6.32. The molecule has 1 amide bonds. The molecule has 35 heavy (non-hydrogen) atoms. The van der Waals surface area contributed by atoms with Gasteiger partial charge in [-0.3, -0.25) is 9.78 Å². The highest BCUT2D eigenvalue weighted by molar-refractivity contribution is 5.94. The van der Waals surface area contributed by atoms with Gasteiger partial charge in [-0.1, -0.05) is 24.3 Å². The number of nitrogens with one attached hydrogen (secondary N) is 2. The van der Waals surface area contributed by atoms with Crippen molar-refractivity contribution in [3.05, 3.63) is 95.3 Å². The third kappa shape index (κ3) is 6.82. The normalized spacial score (nSPS) is 14.7. The number of anilines is 1. The fraction of sp³-hybridized carbons (Fsp3) is 0.333. The summed E-state index contributed by atoms with van der Waals surface area (Å²) in [5.41, 5.74) is 2.39. The van der Waals surface area contributed by atoms with Crippen molar-refractivity contribution in [1.29, 1.82) is 0 Å². The molecule has 0 aliphatic carbocycles. The van der Waals surface area contributed by atoms with E-state index in [-0.39, 0.29) is 11.9 Å². The van der Waals surface area contributed by atoms with Gasteiger partial charge in [0, 0.05) is 49.3 Å². The summed E-state index contributed by atoms with van der Waals surface area (Å²) in [6, 6.07) is 17.4. The van der Waals surface area contributed by atoms with E-state index < -0.39 is 11.7 Å². The number of amides is 1. The number of hydrogen-bond donors (Lipinski definition) is 2. The van der Waals surface area contributed by atoms with Crippen molar-refractivity contribution in [2.45, 2.75) is 38.0 Å². The Hall–Kier alpha value is -3.39. The number of hydrogen-bond acceptors (Lipinski definition) is 4. The summed E-state index contributed by atoms with van der Waals surface area (Å²) in [4.78, 5) is 18.7. The Bertz CT molecular complexity index is 1100. The Balaban J connectivity index is 1.21. The van der Waals surface area contributed by atoms with E-state index >= 15 is 0 Å². The zero-order valence-corrected chi connectivity index (χ0v) is 19.4. The van der Waals surface area contributed by atoms with Gasteiger partial charge < -0.3 is 15.5 Å². The lowest BCUT2D eigenvalue weighted by molar-refractivity contribution is -0.138. The van der Waals surface area contributed by atoms with Crippen LogP contribution in [0.1, 0.15) is 39.9 Å². The summed E-state index contributed by atoms with van der Waals surface area (Å²) in [6.07, 6.45) is 1.27. The minimum atomic E-state index is -4.32. The molecule has 8 heteroatoms. The monoisotopic (exact) mass is 482 g/mol. The predicted molar refractivity (Wildman–Crippen MR) is 130 cm³/mol. The number of benzene rings is 2. The Morgan fingerprint density at radius 2 is 1.74 bits per heavy atom. The van der Waals surface area contributed by atoms with E-state index in [9.17, 15) is 18.0 Å². The van der Waals surface area contributed by atoms with Gasteiger partial charge in [0.05, 0.1) is 5.56 Å². The molecule has 0 atom stereocenters. The molecule has 1 aliphatic rings. The van der Waals surface area contributed by atoms with Gasteiger partial charge in [0.15, 0.2) is 0 Å². The van der Waals surface area contributed by atoms with E-state index in [1.165, 1.54) is 6.07 Å². The van der Waals surface area contributed by atoms with Crippen molar-refractivity contribution >= 4 is 11.6 Å². The number of pyridine rings is 1. The second-order valence-electron chi connectivity index (χ2n) is 8.71. The minimum Gasteiger partial charge on any atom is -0.371 e. The van der Waals surface area contributed by atoms with Crippen LogP contribution in [0.2, 0.25) is 0 Å². The topological polar surface area (TPSA) is 57.3 Å². The fourth-order valence-electron chi connectivity index (χ4n) is 4.38. The van der Waals surface area contributed by atoms with Crippen LogP contribution in [-0.2, 0) is 19.1 Å². The van der Waals surface area contributed by atoms with Crippen molar-refractivity contribution in [1.82, 2.24) is 15.6 Å². The molecule has 184 valence electrons. The van der Waals surface area contributed by atoms with E-state index in [0.29, 0.717) is 30.6 Å². The SMILES string of the molecule is O=C(NCc1cccnc1)c1ccc(N2CCC(NCCc3ccccc3C(F)(F)F)CC2)cc1. The molecule has 2 heterocycles. The van der Waals surface area contributed by atoms with Crippen LogP contribution in [-0.4, -0.2) is 36.6 Å². The third-order valence-electron chi connectivity index (χ3n) is 6.32. The molecule has 2 N–H and O–H groups in total. The molecule has 2 aromatic carbocycles. The van der Waals surface area contributed by atoms with Crippen LogP contribution in [0.15, 0.2) is 73.1 Å². The van der Waals surface area contributed by atoms with Crippen LogP contribution in [0.3, 0.4) is 0 Å². The third-order valence-corrected chi connectivity index (χ3v) is 6.32. The van der Waals surface area contributed by atoms with Crippen LogP contribution in [0.25, 0.3) is 0 Å². The Morgan fingerprint density at radius 1 is 1.00 bits per heavy atom. The van der Waals surface area contributed by atoms with E-state index in [1.54, 1.807) is 24.5 Å². The molecule has 0 unspecified atom stereocenters. The highest BCUT2D eigenvalue weighted by atomic mass is 19.4. The van der Waals surface area contributed by atoms with Crippen molar-refractivity contribution < 1.29 is 18.0 Å². The van der Waals surface area contributed by atoms with Gasteiger partial charge in [0.2, 0.25) is 0 Å². The van der Waals surface area contributed by atoms with E-state index in [0.717, 1.165) is 43.2 Å². The molecule has 1 fully saturated rings.